The highest BCUT2D eigenvalue weighted by molar-refractivity contribution is 5.56. The number of aryl methyl sites for hydroxylation is 1. The predicted octanol–water partition coefficient (Wildman–Crippen LogP) is 2.47. The lowest BCUT2D eigenvalue weighted by Gasteiger charge is -2.19. The summed E-state index contributed by atoms with van der Waals surface area (Å²) in [6.07, 6.45) is 2.58. The fraction of sp³-hybridized carbons (Fsp3) is 0.417. The number of nitrogens with zero attached hydrogens (tertiary/aromatic N) is 2. The van der Waals surface area contributed by atoms with Crippen LogP contribution in [0.5, 0.6) is 0 Å². The molecule has 2 nitrogen and oxygen atoms in total. The van der Waals surface area contributed by atoms with E-state index < -0.39 is 0 Å². The molecular weight excluding hydrogens is 172 g/mol. The topological polar surface area (TPSA) is 27.0 Å². The summed E-state index contributed by atoms with van der Waals surface area (Å²) < 4.78 is 0. The van der Waals surface area contributed by atoms with Crippen LogP contribution in [-0.2, 0) is 0 Å². The van der Waals surface area contributed by atoms with Crippen molar-refractivity contribution in [2.24, 2.45) is 0 Å². The molecule has 1 aromatic rings. The normalized spacial score (nSPS) is 15.6. The molecule has 0 aliphatic carbocycles. The van der Waals surface area contributed by atoms with E-state index in [9.17, 15) is 0 Å². The summed E-state index contributed by atoms with van der Waals surface area (Å²) in [6, 6.07) is 8.11. The van der Waals surface area contributed by atoms with E-state index in [4.69, 9.17) is 5.26 Å². The van der Waals surface area contributed by atoms with Gasteiger partial charge in [-0.2, -0.15) is 5.26 Å². The molecular formula is C12H14N2. The average Bonchev–Trinajstić information content (AvgIpc) is 2.70. The lowest BCUT2D eigenvalue weighted by molar-refractivity contribution is 0.949. The predicted molar refractivity (Wildman–Crippen MR) is 57.3 cm³/mol. The molecule has 1 saturated heterocycles. The number of anilines is 1. The molecule has 1 heterocycles. The Kier molecular flexibility index (Phi) is 2.41. The van der Waals surface area contributed by atoms with E-state index in [1.54, 1.807) is 0 Å². The van der Waals surface area contributed by atoms with E-state index in [1.165, 1.54) is 24.1 Å². The third-order valence-corrected chi connectivity index (χ3v) is 2.77. The van der Waals surface area contributed by atoms with Crippen molar-refractivity contribution in [2.45, 2.75) is 19.8 Å². The van der Waals surface area contributed by atoms with Gasteiger partial charge in [-0.25, -0.2) is 0 Å². The molecule has 2 heteroatoms. The summed E-state index contributed by atoms with van der Waals surface area (Å²) in [7, 11) is 0. The van der Waals surface area contributed by atoms with Crippen LogP contribution in [0.3, 0.4) is 0 Å². The number of benzene rings is 1. The monoisotopic (exact) mass is 186 g/mol. The van der Waals surface area contributed by atoms with Crippen molar-refractivity contribution in [1.82, 2.24) is 0 Å². The minimum atomic E-state index is 0.755. The number of nitriles is 1. The van der Waals surface area contributed by atoms with Crippen LogP contribution in [0.4, 0.5) is 5.69 Å². The third kappa shape index (κ3) is 1.58. The van der Waals surface area contributed by atoms with Gasteiger partial charge in [0.1, 0.15) is 0 Å². The van der Waals surface area contributed by atoms with Gasteiger partial charge in [0.2, 0.25) is 0 Å². The van der Waals surface area contributed by atoms with Crippen molar-refractivity contribution < 1.29 is 0 Å². The van der Waals surface area contributed by atoms with Gasteiger partial charge in [-0.3, -0.25) is 0 Å². The molecule has 14 heavy (non-hydrogen) atoms. The molecule has 1 aliphatic rings. The second-order valence-electron chi connectivity index (χ2n) is 3.81. The first kappa shape index (κ1) is 9.08. The molecule has 0 atom stereocenters. The molecule has 1 aromatic carbocycles. The Morgan fingerprint density at radius 3 is 2.57 bits per heavy atom. The molecule has 72 valence electrons. The van der Waals surface area contributed by atoms with Crippen LogP contribution >= 0.6 is 0 Å². The van der Waals surface area contributed by atoms with Crippen molar-refractivity contribution in [3.63, 3.8) is 0 Å². The molecule has 1 aliphatic heterocycles. The minimum absolute atomic E-state index is 0.755. The molecule has 0 saturated carbocycles. The molecule has 0 aromatic heterocycles. The van der Waals surface area contributed by atoms with Gasteiger partial charge in [0.05, 0.1) is 11.6 Å². The second kappa shape index (κ2) is 3.71. The summed E-state index contributed by atoms with van der Waals surface area (Å²) in [6.45, 7) is 4.40. The number of hydrogen-bond donors (Lipinski definition) is 0. The van der Waals surface area contributed by atoms with E-state index in [0.29, 0.717) is 0 Å². The number of hydrogen-bond acceptors (Lipinski definition) is 2. The highest BCUT2D eigenvalue weighted by atomic mass is 15.1. The van der Waals surface area contributed by atoms with Crippen LogP contribution < -0.4 is 4.90 Å². The molecule has 0 N–H and O–H groups in total. The van der Waals surface area contributed by atoms with E-state index in [2.05, 4.69) is 24.0 Å². The molecule has 0 unspecified atom stereocenters. The summed E-state index contributed by atoms with van der Waals surface area (Å²) >= 11 is 0. The highest BCUT2D eigenvalue weighted by Gasteiger charge is 2.13. The van der Waals surface area contributed by atoms with Gasteiger partial charge in [-0.15, -0.1) is 0 Å². The molecule has 0 bridgehead atoms. The van der Waals surface area contributed by atoms with Crippen molar-refractivity contribution in [3.05, 3.63) is 29.3 Å². The Morgan fingerprint density at radius 1 is 1.29 bits per heavy atom. The molecule has 1 fully saturated rings. The zero-order valence-electron chi connectivity index (χ0n) is 8.45. The van der Waals surface area contributed by atoms with E-state index in [0.717, 1.165) is 18.7 Å². The van der Waals surface area contributed by atoms with Crippen molar-refractivity contribution in [3.8, 4) is 6.07 Å². The van der Waals surface area contributed by atoms with Crippen LogP contribution in [0.2, 0.25) is 0 Å². The van der Waals surface area contributed by atoms with E-state index >= 15 is 0 Å². The summed E-state index contributed by atoms with van der Waals surface area (Å²) in [5, 5.41) is 8.75. The number of rotatable bonds is 1. The second-order valence-corrected chi connectivity index (χ2v) is 3.81. The van der Waals surface area contributed by atoms with Crippen molar-refractivity contribution >= 4 is 5.69 Å². The summed E-state index contributed by atoms with van der Waals surface area (Å²) in [5.74, 6) is 0. The van der Waals surface area contributed by atoms with Gasteiger partial charge in [0, 0.05) is 18.8 Å². The standard InChI is InChI=1S/C12H14N2/c1-10-8-11(9-13)4-5-12(10)14-6-2-3-7-14/h4-5,8H,2-3,6-7H2,1H3. The van der Waals surface area contributed by atoms with Gasteiger partial charge >= 0.3 is 0 Å². The van der Waals surface area contributed by atoms with E-state index in [1.807, 2.05) is 12.1 Å². The van der Waals surface area contributed by atoms with Crippen LogP contribution in [-0.4, -0.2) is 13.1 Å². The first-order valence-corrected chi connectivity index (χ1v) is 5.07. The Labute approximate surface area is 84.8 Å². The quantitative estimate of drug-likeness (QED) is 0.673. The smallest absolute Gasteiger partial charge is 0.0991 e. The molecule has 2 rings (SSSR count). The fourth-order valence-corrected chi connectivity index (χ4v) is 2.04. The first-order valence-electron chi connectivity index (χ1n) is 5.07. The van der Waals surface area contributed by atoms with Crippen molar-refractivity contribution in [2.75, 3.05) is 18.0 Å². The van der Waals surface area contributed by atoms with Crippen molar-refractivity contribution in [1.29, 1.82) is 5.26 Å². The Morgan fingerprint density at radius 2 is 2.00 bits per heavy atom. The maximum Gasteiger partial charge on any atom is 0.0991 e. The van der Waals surface area contributed by atoms with Gasteiger partial charge in [0.15, 0.2) is 0 Å². The van der Waals surface area contributed by atoms with Crippen LogP contribution in [0.15, 0.2) is 18.2 Å². The van der Waals surface area contributed by atoms with Crippen LogP contribution in [0, 0.1) is 18.3 Å². The summed E-state index contributed by atoms with van der Waals surface area (Å²) in [5.41, 5.74) is 3.26. The highest BCUT2D eigenvalue weighted by Crippen LogP contribution is 2.24. The molecule has 0 spiro atoms. The van der Waals surface area contributed by atoms with Gasteiger partial charge < -0.3 is 4.90 Å². The Hall–Kier alpha value is -1.49. The lowest BCUT2D eigenvalue weighted by Crippen LogP contribution is -2.18. The van der Waals surface area contributed by atoms with Gasteiger partial charge in [-0.1, -0.05) is 0 Å². The van der Waals surface area contributed by atoms with Gasteiger partial charge in [-0.05, 0) is 43.5 Å². The fourth-order valence-electron chi connectivity index (χ4n) is 2.04. The SMILES string of the molecule is Cc1cc(C#N)ccc1N1CCCC1. The van der Waals surface area contributed by atoms with Crippen LogP contribution in [0.25, 0.3) is 0 Å². The Balaban J connectivity index is 2.30. The van der Waals surface area contributed by atoms with E-state index in [-0.39, 0.29) is 0 Å². The average molecular weight is 186 g/mol. The minimum Gasteiger partial charge on any atom is -0.371 e. The zero-order chi connectivity index (χ0) is 9.97. The molecule has 0 radical (unpaired) electrons. The first-order chi connectivity index (χ1) is 6.81. The third-order valence-electron chi connectivity index (χ3n) is 2.77. The Bertz CT molecular complexity index is 370. The maximum atomic E-state index is 8.75. The zero-order valence-corrected chi connectivity index (χ0v) is 8.45. The van der Waals surface area contributed by atoms with Crippen LogP contribution in [0.1, 0.15) is 24.0 Å². The molecule has 0 amide bonds. The largest absolute Gasteiger partial charge is 0.371 e. The summed E-state index contributed by atoms with van der Waals surface area (Å²) in [4.78, 5) is 2.40. The maximum absolute atomic E-state index is 8.75. The lowest BCUT2D eigenvalue weighted by atomic mass is 10.1. The van der Waals surface area contributed by atoms with Gasteiger partial charge in [0.25, 0.3) is 0 Å².